The molecule has 0 aromatic heterocycles. The van der Waals surface area contributed by atoms with Crippen molar-refractivity contribution in [2.45, 2.75) is 13.8 Å². The van der Waals surface area contributed by atoms with Gasteiger partial charge in [-0.2, -0.15) is 5.10 Å². The lowest BCUT2D eigenvalue weighted by atomic mass is 10.1. The van der Waals surface area contributed by atoms with E-state index in [0.717, 1.165) is 17.4 Å². The van der Waals surface area contributed by atoms with Crippen LogP contribution in [0.5, 0.6) is 5.75 Å². The lowest BCUT2D eigenvalue weighted by molar-refractivity contribution is 0.0954. The molecule has 0 bridgehead atoms. The number of carbonyl (C=O) groups excluding carboxylic acids is 1. The molecule has 0 fully saturated rings. The number of rotatable bonds is 5. The summed E-state index contributed by atoms with van der Waals surface area (Å²) >= 11 is 0. The van der Waals surface area contributed by atoms with Crippen LogP contribution in [0, 0.1) is 5.82 Å². The number of halogens is 1. The number of hydrogen-bond donors (Lipinski definition) is 1. The van der Waals surface area contributed by atoms with Crippen molar-refractivity contribution in [2.75, 3.05) is 6.61 Å². The van der Waals surface area contributed by atoms with Gasteiger partial charge in [-0.15, -0.1) is 0 Å². The van der Waals surface area contributed by atoms with Crippen molar-refractivity contribution in [3.8, 4) is 5.75 Å². The Morgan fingerprint density at radius 1 is 1.18 bits per heavy atom. The van der Waals surface area contributed by atoms with E-state index in [0.29, 0.717) is 12.3 Å². The van der Waals surface area contributed by atoms with Crippen molar-refractivity contribution in [3.05, 3.63) is 65.5 Å². The molecule has 0 heterocycles. The van der Waals surface area contributed by atoms with Gasteiger partial charge in [-0.25, -0.2) is 9.82 Å². The summed E-state index contributed by atoms with van der Waals surface area (Å²) in [5, 5.41) is 4.03. The van der Waals surface area contributed by atoms with Crippen LogP contribution in [-0.2, 0) is 0 Å². The van der Waals surface area contributed by atoms with Gasteiger partial charge in [-0.1, -0.05) is 6.07 Å². The minimum Gasteiger partial charge on any atom is -0.494 e. The quantitative estimate of drug-likeness (QED) is 0.680. The summed E-state index contributed by atoms with van der Waals surface area (Å²) in [6.07, 6.45) is 0. The van der Waals surface area contributed by atoms with Crippen LogP contribution in [0.25, 0.3) is 0 Å². The van der Waals surface area contributed by atoms with Crippen molar-refractivity contribution in [1.82, 2.24) is 5.43 Å². The second-order valence-electron chi connectivity index (χ2n) is 4.61. The molecule has 0 unspecified atom stereocenters. The minimum atomic E-state index is -0.458. The van der Waals surface area contributed by atoms with E-state index in [1.165, 1.54) is 18.2 Å². The molecule has 2 rings (SSSR count). The summed E-state index contributed by atoms with van der Waals surface area (Å²) in [5.74, 6) is -0.132. The Bertz CT molecular complexity index is 681. The molecule has 4 nitrogen and oxygen atoms in total. The fourth-order valence-electron chi connectivity index (χ4n) is 1.85. The van der Waals surface area contributed by atoms with E-state index in [2.05, 4.69) is 10.5 Å². The maximum absolute atomic E-state index is 13.1. The molecule has 0 aliphatic carbocycles. The number of nitrogens with one attached hydrogen (secondary N) is 1. The zero-order chi connectivity index (χ0) is 15.9. The van der Waals surface area contributed by atoms with E-state index in [1.807, 2.05) is 31.2 Å². The molecule has 0 aliphatic heterocycles. The van der Waals surface area contributed by atoms with Crippen molar-refractivity contribution in [3.63, 3.8) is 0 Å². The van der Waals surface area contributed by atoms with Crippen LogP contribution in [0.15, 0.2) is 53.6 Å². The Morgan fingerprint density at radius 2 is 1.91 bits per heavy atom. The molecule has 1 amide bonds. The summed E-state index contributed by atoms with van der Waals surface area (Å²) in [7, 11) is 0. The predicted octanol–water partition coefficient (Wildman–Crippen LogP) is 3.38. The van der Waals surface area contributed by atoms with Crippen LogP contribution in [-0.4, -0.2) is 18.2 Å². The Labute approximate surface area is 128 Å². The fraction of sp³-hybridized carbons (Fsp3) is 0.176. The molecule has 0 radical (unpaired) electrons. The third kappa shape index (κ3) is 4.15. The molecule has 0 spiro atoms. The maximum Gasteiger partial charge on any atom is 0.271 e. The summed E-state index contributed by atoms with van der Waals surface area (Å²) < 4.78 is 18.4. The zero-order valence-corrected chi connectivity index (χ0v) is 12.5. The first-order valence-electron chi connectivity index (χ1n) is 6.93. The van der Waals surface area contributed by atoms with E-state index >= 15 is 0 Å². The minimum absolute atomic E-state index is 0.225. The number of nitrogens with zero attached hydrogens (tertiary/aromatic N) is 1. The van der Waals surface area contributed by atoms with Crippen LogP contribution >= 0.6 is 0 Å². The highest BCUT2D eigenvalue weighted by atomic mass is 19.1. The summed E-state index contributed by atoms with van der Waals surface area (Å²) in [6.45, 7) is 4.31. The van der Waals surface area contributed by atoms with Crippen molar-refractivity contribution < 1.29 is 13.9 Å². The average molecular weight is 300 g/mol. The van der Waals surface area contributed by atoms with Crippen LogP contribution in [0.2, 0.25) is 0 Å². The molecule has 0 atom stereocenters. The molecule has 0 saturated carbocycles. The molecule has 1 N–H and O–H groups in total. The van der Waals surface area contributed by atoms with Gasteiger partial charge in [0.05, 0.1) is 12.3 Å². The van der Waals surface area contributed by atoms with Gasteiger partial charge in [-0.05, 0) is 61.9 Å². The Balaban J connectivity index is 2.04. The first-order valence-corrected chi connectivity index (χ1v) is 6.93. The lowest BCUT2D eigenvalue weighted by Gasteiger charge is -2.05. The van der Waals surface area contributed by atoms with Gasteiger partial charge in [0.15, 0.2) is 0 Å². The molecule has 2 aromatic carbocycles. The van der Waals surface area contributed by atoms with Crippen LogP contribution in [0.1, 0.15) is 29.8 Å². The Kier molecular flexibility index (Phi) is 5.25. The van der Waals surface area contributed by atoms with Gasteiger partial charge < -0.3 is 4.74 Å². The first kappa shape index (κ1) is 15.7. The zero-order valence-electron chi connectivity index (χ0n) is 12.5. The Hall–Kier alpha value is -2.69. The first-order chi connectivity index (χ1) is 10.6. The Morgan fingerprint density at radius 3 is 2.55 bits per heavy atom. The number of hydrogen-bond acceptors (Lipinski definition) is 3. The van der Waals surface area contributed by atoms with E-state index in [-0.39, 0.29) is 5.56 Å². The molecule has 5 heteroatoms. The third-order valence-electron chi connectivity index (χ3n) is 3.00. The molecular formula is C17H17FN2O2. The standard InChI is InChI=1S/C17H17FN2O2/c1-3-22-16-9-7-13(8-10-16)12(2)19-20-17(21)14-5-4-6-15(18)11-14/h4-11H,3H2,1-2H3,(H,20,21)/b19-12-. The van der Waals surface area contributed by atoms with Gasteiger partial charge >= 0.3 is 0 Å². The van der Waals surface area contributed by atoms with Crippen LogP contribution in [0.4, 0.5) is 4.39 Å². The van der Waals surface area contributed by atoms with Crippen molar-refractivity contribution >= 4 is 11.6 Å². The van der Waals surface area contributed by atoms with Crippen LogP contribution in [0.3, 0.4) is 0 Å². The number of ether oxygens (including phenoxy) is 1. The topological polar surface area (TPSA) is 50.7 Å². The molecule has 0 aliphatic rings. The molecule has 0 saturated heterocycles. The highest BCUT2D eigenvalue weighted by Gasteiger charge is 2.06. The van der Waals surface area contributed by atoms with E-state index in [4.69, 9.17) is 4.74 Å². The molecule has 2 aromatic rings. The van der Waals surface area contributed by atoms with E-state index in [1.54, 1.807) is 6.92 Å². The second kappa shape index (κ2) is 7.36. The summed E-state index contributed by atoms with van der Waals surface area (Å²) in [6, 6.07) is 12.9. The number of hydrazone groups is 1. The smallest absolute Gasteiger partial charge is 0.271 e. The molecule has 22 heavy (non-hydrogen) atoms. The normalized spacial score (nSPS) is 11.1. The summed E-state index contributed by atoms with van der Waals surface area (Å²) in [5.41, 5.74) is 4.15. The second-order valence-corrected chi connectivity index (χ2v) is 4.61. The lowest BCUT2D eigenvalue weighted by Crippen LogP contribution is -2.19. The number of carbonyl (C=O) groups is 1. The van der Waals surface area contributed by atoms with E-state index < -0.39 is 11.7 Å². The monoisotopic (exact) mass is 300 g/mol. The van der Waals surface area contributed by atoms with Gasteiger partial charge in [0.25, 0.3) is 5.91 Å². The molecule has 114 valence electrons. The van der Waals surface area contributed by atoms with Crippen LogP contribution < -0.4 is 10.2 Å². The van der Waals surface area contributed by atoms with Gasteiger partial charge in [0.2, 0.25) is 0 Å². The summed E-state index contributed by atoms with van der Waals surface area (Å²) in [4.78, 5) is 11.9. The average Bonchev–Trinajstić information content (AvgIpc) is 2.53. The number of amides is 1. The highest BCUT2D eigenvalue weighted by molar-refractivity contribution is 6.00. The van der Waals surface area contributed by atoms with Gasteiger partial charge in [0, 0.05) is 5.56 Å². The van der Waals surface area contributed by atoms with Crippen molar-refractivity contribution in [1.29, 1.82) is 0 Å². The predicted molar refractivity (Wildman–Crippen MR) is 83.7 cm³/mol. The largest absolute Gasteiger partial charge is 0.494 e. The van der Waals surface area contributed by atoms with E-state index in [9.17, 15) is 9.18 Å². The number of benzene rings is 2. The fourth-order valence-corrected chi connectivity index (χ4v) is 1.85. The van der Waals surface area contributed by atoms with Gasteiger partial charge in [-0.3, -0.25) is 4.79 Å². The van der Waals surface area contributed by atoms with Crippen molar-refractivity contribution in [2.24, 2.45) is 5.10 Å². The molecular weight excluding hydrogens is 283 g/mol. The van der Waals surface area contributed by atoms with Gasteiger partial charge in [0.1, 0.15) is 11.6 Å². The third-order valence-corrected chi connectivity index (χ3v) is 3.00. The highest BCUT2D eigenvalue weighted by Crippen LogP contribution is 2.12. The maximum atomic E-state index is 13.1. The SMILES string of the molecule is CCOc1ccc(/C(C)=N\NC(=O)c2cccc(F)c2)cc1.